The first kappa shape index (κ1) is 13.8. The van der Waals surface area contributed by atoms with Crippen molar-refractivity contribution >= 4 is 43.2 Å². The standard InChI is InChI=1S/C9H11BrClNO3S/c10-8-3-2-7(6-9(8)11)12-16(14,15)5-1-4-13/h2-3,6,12-13H,1,4-5H2. The maximum atomic E-state index is 11.5. The summed E-state index contributed by atoms with van der Waals surface area (Å²) in [6.45, 7) is -0.151. The van der Waals surface area contributed by atoms with Crippen molar-refractivity contribution in [3.8, 4) is 0 Å². The number of aliphatic hydroxyl groups excluding tert-OH is 1. The minimum absolute atomic E-state index is 0.114. The molecule has 7 heteroatoms. The van der Waals surface area contributed by atoms with Crippen LogP contribution in [0.4, 0.5) is 5.69 Å². The first-order valence-corrected chi connectivity index (χ1v) is 7.33. The van der Waals surface area contributed by atoms with E-state index >= 15 is 0 Å². The monoisotopic (exact) mass is 327 g/mol. The zero-order valence-electron chi connectivity index (χ0n) is 8.28. The Bertz CT molecular complexity index is 464. The second-order valence-electron chi connectivity index (χ2n) is 3.13. The lowest BCUT2D eigenvalue weighted by molar-refractivity contribution is 0.295. The fourth-order valence-corrected chi connectivity index (χ4v) is 2.57. The summed E-state index contributed by atoms with van der Waals surface area (Å²) in [6.07, 6.45) is 0.208. The van der Waals surface area contributed by atoms with E-state index in [1.807, 2.05) is 0 Å². The summed E-state index contributed by atoms with van der Waals surface area (Å²) < 4.78 is 26.0. The zero-order valence-corrected chi connectivity index (χ0v) is 11.4. The van der Waals surface area contributed by atoms with Crippen molar-refractivity contribution in [1.82, 2.24) is 0 Å². The van der Waals surface area contributed by atoms with E-state index < -0.39 is 10.0 Å². The molecule has 0 aromatic heterocycles. The zero-order chi connectivity index (χ0) is 12.2. The molecule has 0 atom stereocenters. The van der Waals surface area contributed by atoms with E-state index in [1.54, 1.807) is 12.1 Å². The average molecular weight is 329 g/mol. The van der Waals surface area contributed by atoms with E-state index in [0.717, 1.165) is 0 Å². The largest absolute Gasteiger partial charge is 0.396 e. The Kier molecular flexibility index (Phi) is 5.04. The molecular weight excluding hydrogens is 318 g/mol. The fourth-order valence-electron chi connectivity index (χ4n) is 1.04. The van der Waals surface area contributed by atoms with Crippen LogP contribution in [0.5, 0.6) is 0 Å². The second-order valence-corrected chi connectivity index (χ2v) is 6.23. The number of nitrogens with one attached hydrogen (secondary N) is 1. The van der Waals surface area contributed by atoms with Crippen molar-refractivity contribution in [2.24, 2.45) is 0 Å². The number of rotatable bonds is 5. The molecule has 4 nitrogen and oxygen atoms in total. The molecule has 0 aliphatic heterocycles. The first-order valence-electron chi connectivity index (χ1n) is 4.51. The number of anilines is 1. The number of sulfonamides is 1. The van der Waals surface area contributed by atoms with Crippen LogP contribution in [0.3, 0.4) is 0 Å². The average Bonchev–Trinajstić information content (AvgIpc) is 2.20. The second kappa shape index (κ2) is 5.86. The highest BCUT2D eigenvalue weighted by molar-refractivity contribution is 9.10. The Morgan fingerprint density at radius 2 is 2.12 bits per heavy atom. The molecule has 1 rings (SSSR count). The molecule has 0 fully saturated rings. The van der Waals surface area contributed by atoms with Crippen LogP contribution in [0.1, 0.15) is 6.42 Å². The van der Waals surface area contributed by atoms with Gasteiger partial charge in [-0.1, -0.05) is 11.6 Å². The van der Waals surface area contributed by atoms with Gasteiger partial charge in [-0.15, -0.1) is 0 Å². The molecule has 16 heavy (non-hydrogen) atoms. The van der Waals surface area contributed by atoms with Gasteiger partial charge < -0.3 is 5.11 Å². The predicted octanol–water partition coefficient (Wildman–Crippen LogP) is 2.23. The third-order valence-electron chi connectivity index (χ3n) is 1.76. The molecule has 0 aliphatic carbocycles. The highest BCUT2D eigenvalue weighted by Crippen LogP contribution is 2.25. The van der Waals surface area contributed by atoms with Crippen LogP contribution in [0.15, 0.2) is 22.7 Å². The predicted molar refractivity (Wildman–Crippen MR) is 68.3 cm³/mol. The van der Waals surface area contributed by atoms with Crippen molar-refractivity contribution in [2.75, 3.05) is 17.1 Å². The Morgan fingerprint density at radius 3 is 2.69 bits per heavy atom. The Hall–Kier alpha value is -0.300. The molecule has 0 unspecified atom stereocenters. The maximum absolute atomic E-state index is 11.5. The number of hydrogen-bond acceptors (Lipinski definition) is 3. The number of hydrogen-bond donors (Lipinski definition) is 2. The molecule has 1 aromatic carbocycles. The third kappa shape index (κ3) is 4.29. The Balaban J connectivity index is 2.76. The van der Waals surface area contributed by atoms with E-state index in [4.69, 9.17) is 16.7 Å². The van der Waals surface area contributed by atoms with Crippen LogP contribution in [0.25, 0.3) is 0 Å². The quantitative estimate of drug-likeness (QED) is 0.871. The van der Waals surface area contributed by atoms with E-state index in [-0.39, 0.29) is 18.8 Å². The van der Waals surface area contributed by atoms with Crippen molar-refractivity contribution in [2.45, 2.75) is 6.42 Å². The lowest BCUT2D eigenvalue weighted by atomic mass is 10.3. The van der Waals surface area contributed by atoms with Gasteiger partial charge in [-0.3, -0.25) is 4.72 Å². The van der Waals surface area contributed by atoms with Crippen LogP contribution < -0.4 is 4.72 Å². The van der Waals surface area contributed by atoms with Gasteiger partial charge in [-0.2, -0.15) is 0 Å². The molecule has 0 bridgehead atoms. The topological polar surface area (TPSA) is 66.4 Å². The van der Waals surface area contributed by atoms with Crippen molar-refractivity contribution in [3.05, 3.63) is 27.7 Å². The van der Waals surface area contributed by atoms with Crippen LogP contribution in [-0.2, 0) is 10.0 Å². The van der Waals surface area contributed by atoms with Gasteiger partial charge >= 0.3 is 0 Å². The lowest BCUT2D eigenvalue weighted by Crippen LogP contribution is -2.17. The minimum Gasteiger partial charge on any atom is -0.396 e. The molecule has 0 spiro atoms. The highest BCUT2D eigenvalue weighted by Gasteiger charge is 2.10. The van der Waals surface area contributed by atoms with Gasteiger partial charge in [0.2, 0.25) is 10.0 Å². The summed E-state index contributed by atoms with van der Waals surface area (Å²) in [4.78, 5) is 0. The summed E-state index contributed by atoms with van der Waals surface area (Å²) in [5, 5.41) is 8.99. The number of halogens is 2. The van der Waals surface area contributed by atoms with E-state index in [0.29, 0.717) is 15.2 Å². The van der Waals surface area contributed by atoms with Crippen LogP contribution >= 0.6 is 27.5 Å². The maximum Gasteiger partial charge on any atom is 0.232 e. The van der Waals surface area contributed by atoms with Crippen molar-refractivity contribution < 1.29 is 13.5 Å². The molecule has 0 amide bonds. The SMILES string of the molecule is O=S(=O)(CCCO)Nc1ccc(Br)c(Cl)c1. The lowest BCUT2D eigenvalue weighted by Gasteiger charge is -2.08. The van der Waals surface area contributed by atoms with Gasteiger partial charge in [-0.25, -0.2) is 8.42 Å². The van der Waals surface area contributed by atoms with Gasteiger partial charge in [-0.05, 0) is 40.5 Å². The first-order chi connectivity index (χ1) is 7.44. The van der Waals surface area contributed by atoms with Gasteiger partial charge in [0.05, 0.1) is 16.5 Å². The van der Waals surface area contributed by atoms with Crippen LogP contribution in [-0.4, -0.2) is 25.9 Å². The summed E-state index contributed by atoms with van der Waals surface area (Å²) in [6, 6.07) is 4.78. The third-order valence-corrected chi connectivity index (χ3v) is 4.37. The number of benzene rings is 1. The van der Waals surface area contributed by atoms with E-state index in [9.17, 15) is 8.42 Å². The molecule has 0 radical (unpaired) electrons. The van der Waals surface area contributed by atoms with Gasteiger partial charge in [0.15, 0.2) is 0 Å². The summed E-state index contributed by atoms with van der Waals surface area (Å²) >= 11 is 9.03. The van der Waals surface area contributed by atoms with Gasteiger partial charge in [0, 0.05) is 11.1 Å². The smallest absolute Gasteiger partial charge is 0.232 e. The highest BCUT2D eigenvalue weighted by atomic mass is 79.9. The molecule has 0 saturated carbocycles. The fraction of sp³-hybridized carbons (Fsp3) is 0.333. The van der Waals surface area contributed by atoms with E-state index in [2.05, 4.69) is 20.7 Å². The molecular formula is C9H11BrClNO3S. The van der Waals surface area contributed by atoms with Crippen LogP contribution in [0.2, 0.25) is 5.02 Å². The Labute approximate surface area is 108 Å². The van der Waals surface area contributed by atoms with Crippen molar-refractivity contribution in [1.29, 1.82) is 0 Å². The molecule has 0 aliphatic rings. The summed E-state index contributed by atoms with van der Waals surface area (Å²) in [5.74, 6) is -0.114. The van der Waals surface area contributed by atoms with Gasteiger partial charge in [0.25, 0.3) is 0 Å². The Morgan fingerprint density at radius 1 is 1.44 bits per heavy atom. The normalized spacial score (nSPS) is 11.4. The molecule has 2 N–H and O–H groups in total. The van der Waals surface area contributed by atoms with Crippen LogP contribution in [0, 0.1) is 0 Å². The van der Waals surface area contributed by atoms with E-state index in [1.165, 1.54) is 6.07 Å². The molecule has 0 heterocycles. The van der Waals surface area contributed by atoms with Gasteiger partial charge in [0.1, 0.15) is 0 Å². The molecule has 0 saturated heterocycles. The minimum atomic E-state index is -3.41. The summed E-state index contributed by atoms with van der Waals surface area (Å²) in [7, 11) is -3.41. The summed E-state index contributed by atoms with van der Waals surface area (Å²) in [5.41, 5.74) is 0.408. The number of aliphatic hydroxyl groups is 1. The molecule has 90 valence electrons. The van der Waals surface area contributed by atoms with Crippen molar-refractivity contribution in [3.63, 3.8) is 0 Å². The molecule has 1 aromatic rings.